The van der Waals surface area contributed by atoms with E-state index >= 15 is 0 Å². The summed E-state index contributed by atoms with van der Waals surface area (Å²) in [5, 5.41) is 0. The Morgan fingerprint density at radius 1 is 1.11 bits per heavy atom. The minimum Gasteiger partial charge on any atom is -0.370 e. The Morgan fingerprint density at radius 2 is 1.63 bits per heavy atom. The number of nitrogens with zero attached hydrogens (tertiary/aromatic N) is 3. The maximum absolute atomic E-state index is 11.8. The fourth-order valence-electron chi connectivity index (χ4n) is 1.19. The van der Waals surface area contributed by atoms with Gasteiger partial charge in [0.2, 0.25) is 16.0 Å². The molecule has 0 fully saturated rings. The van der Waals surface area contributed by atoms with Crippen LogP contribution in [0.5, 0.6) is 0 Å². The van der Waals surface area contributed by atoms with E-state index in [1.807, 2.05) is 0 Å². The van der Waals surface area contributed by atoms with Crippen molar-refractivity contribution in [1.29, 1.82) is 0 Å². The van der Waals surface area contributed by atoms with E-state index in [1.54, 1.807) is 0 Å². The minimum absolute atomic E-state index is 0.108. The van der Waals surface area contributed by atoms with Crippen LogP contribution in [0.25, 0.3) is 0 Å². The molecule has 0 bridgehead atoms. The number of rotatable bonds is 3. The first kappa shape index (κ1) is 14.9. The Labute approximate surface area is 111 Å². The van der Waals surface area contributed by atoms with E-state index in [0.29, 0.717) is 5.69 Å². The minimum atomic E-state index is -3.46. The van der Waals surface area contributed by atoms with Gasteiger partial charge < -0.3 is 17.2 Å². The SMILES string of the molecule is CN(C)S(=O)(=O)c1ccc(N=C(N)N=C(N)N)cc1. The number of aliphatic imine (C=N–C) groups is 2. The van der Waals surface area contributed by atoms with E-state index < -0.39 is 10.0 Å². The fraction of sp³-hybridized carbons (Fsp3) is 0.200. The molecule has 0 aromatic heterocycles. The average molecular weight is 284 g/mol. The molecule has 8 nitrogen and oxygen atoms in total. The number of guanidine groups is 2. The van der Waals surface area contributed by atoms with Crippen molar-refractivity contribution in [2.24, 2.45) is 27.2 Å². The van der Waals surface area contributed by atoms with Gasteiger partial charge >= 0.3 is 0 Å². The highest BCUT2D eigenvalue weighted by molar-refractivity contribution is 7.89. The molecule has 0 atom stereocenters. The van der Waals surface area contributed by atoms with Gasteiger partial charge in [-0.3, -0.25) is 0 Å². The van der Waals surface area contributed by atoms with Gasteiger partial charge in [0.1, 0.15) is 0 Å². The molecule has 1 aromatic carbocycles. The van der Waals surface area contributed by atoms with Gasteiger partial charge in [0.25, 0.3) is 0 Å². The normalized spacial score (nSPS) is 12.5. The average Bonchev–Trinajstić information content (AvgIpc) is 2.28. The molecule has 1 aromatic rings. The van der Waals surface area contributed by atoms with Gasteiger partial charge in [-0.25, -0.2) is 17.7 Å². The van der Waals surface area contributed by atoms with E-state index in [-0.39, 0.29) is 16.8 Å². The molecule has 0 aliphatic rings. The topological polar surface area (TPSA) is 140 Å². The van der Waals surface area contributed by atoms with Crippen molar-refractivity contribution < 1.29 is 8.42 Å². The molecule has 0 radical (unpaired) electrons. The highest BCUT2D eigenvalue weighted by atomic mass is 32.2. The van der Waals surface area contributed by atoms with E-state index in [9.17, 15) is 8.42 Å². The summed E-state index contributed by atoms with van der Waals surface area (Å²) in [6.45, 7) is 0. The van der Waals surface area contributed by atoms with Crippen LogP contribution in [-0.4, -0.2) is 38.7 Å². The van der Waals surface area contributed by atoms with Crippen LogP contribution in [0.1, 0.15) is 0 Å². The molecule has 0 aliphatic carbocycles. The van der Waals surface area contributed by atoms with Crippen molar-refractivity contribution in [2.45, 2.75) is 4.90 Å². The number of sulfonamides is 1. The van der Waals surface area contributed by atoms with Crippen LogP contribution in [0.2, 0.25) is 0 Å². The van der Waals surface area contributed by atoms with Crippen LogP contribution in [0.15, 0.2) is 39.1 Å². The van der Waals surface area contributed by atoms with Crippen molar-refractivity contribution >= 4 is 27.6 Å². The standard InChI is InChI=1S/C10H16N6O2S/c1-16(2)19(17,18)8-5-3-7(4-6-8)14-10(13)15-9(11)12/h3-6H,1-2H3,(H6,11,12,13,14,15). The Kier molecular flexibility index (Phi) is 4.46. The lowest BCUT2D eigenvalue weighted by molar-refractivity contribution is 0.521. The van der Waals surface area contributed by atoms with Crippen molar-refractivity contribution in [2.75, 3.05) is 14.1 Å². The van der Waals surface area contributed by atoms with Gasteiger partial charge in [-0.15, -0.1) is 0 Å². The molecular weight excluding hydrogens is 268 g/mol. The van der Waals surface area contributed by atoms with Crippen LogP contribution in [-0.2, 0) is 10.0 Å². The summed E-state index contributed by atoms with van der Waals surface area (Å²) in [5.41, 5.74) is 16.2. The van der Waals surface area contributed by atoms with Gasteiger partial charge in [-0.05, 0) is 24.3 Å². The van der Waals surface area contributed by atoms with E-state index in [4.69, 9.17) is 17.2 Å². The maximum atomic E-state index is 11.8. The smallest absolute Gasteiger partial charge is 0.242 e. The van der Waals surface area contributed by atoms with Gasteiger partial charge in [-0.1, -0.05) is 0 Å². The second kappa shape index (κ2) is 5.67. The molecule has 19 heavy (non-hydrogen) atoms. The fourth-order valence-corrected chi connectivity index (χ4v) is 2.09. The second-order valence-corrected chi connectivity index (χ2v) is 5.94. The van der Waals surface area contributed by atoms with Crippen molar-refractivity contribution in [3.63, 3.8) is 0 Å². The Balaban J connectivity index is 3.05. The third-order valence-corrected chi connectivity index (χ3v) is 3.93. The number of benzene rings is 1. The van der Waals surface area contributed by atoms with Gasteiger partial charge in [-0.2, -0.15) is 4.99 Å². The Bertz CT molecular complexity index is 599. The molecule has 104 valence electrons. The summed E-state index contributed by atoms with van der Waals surface area (Å²) in [6, 6.07) is 5.87. The van der Waals surface area contributed by atoms with Crippen LogP contribution in [0.4, 0.5) is 5.69 Å². The Hall–Kier alpha value is -2.13. The van der Waals surface area contributed by atoms with Gasteiger partial charge in [0.05, 0.1) is 10.6 Å². The predicted molar refractivity (Wildman–Crippen MR) is 74.4 cm³/mol. The molecule has 0 unspecified atom stereocenters. The molecule has 0 saturated heterocycles. The zero-order valence-electron chi connectivity index (χ0n) is 10.6. The summed E-state index contributed by atoms with van der Waals surface area (Å²) in [4.78, 5) is 7.62. The molecule has 0 amide bonds. The van der Waals surface area contributed by atoms with Gasteiger partial charge in [0, 0.05) is 14.1 Å². The zero-order chi connectivity index (χ0) is 14.6. The molecule has 6 N–H and O–H groups in total. The molecule has 0 saturated carbocycles. The number of hydrogen-bond acceptors (Lipinski definition) is 3. The predicted octanol–water partition coefficient (Wildman–Crippen LogP) is -0.843. The van der Waals surface area contributed by atoms with Crippen LogP contribution >= 0.6 is 0 Å². The number of hydrogen-bond donors (Lipinski definition) is 3. The third-order valence-electron chi connectivity index (χ3n) is 2.10. The first-order valence-corrected chi connectivity index (χ1v) is 6.64. The van der Waals surface area contributed by atoms with E-state index in [0.717, 1.165) is 4.31 Å². The molecule has 9 heteroatoms. The second-order valence-electron chi connectivity index (χ2n) is 3.79. The quantitative estimate of drug-likeness (QED) is 0.490. The molecule has 0 spiro atoms. The zero-order valence-corrected chi connectivity index (χ0v) is 11.4. The van der Waals surface area contributed by atoms with E-state index in [2.05, 4.69) is 9.98 Å². The maximum Gasteiger partial charge on any atom is 0.242 e. The molecule has 1 rings (SSSR count). The van der Waals surface area contributed by atoms with Crippen LogP contribution in [0, 0.1) is 0 Å². The number of nitrogens with two attached hydrogens (primary N) is 3. The highest BCUT2D eigenvalue weighted by Gasteiger charge is 2.16. The first-order valence-electron chi connectivity index (χ1n) is 5.20. The molecule has 0 heterocycles. The van der Waals surface area contributed by atoms with Crippen LogP contribution < -0.4 is 17.2 Å². The summed E-state index contributed by atoms with van der Waals surface area (Å²) >= 11 is 0. The van der Waals surface area contributed by atoms with Crippen molar-refractivity contribution in [3.8, 4) is 0 Å². The lowest BCUT2D eigenvalue weighted by Crippen LogP contribution is -2.26. The highest BCUT2D eigenvalue weighted by Crippen LogP contribution is 2.18. The first-order chi connectivity index (χ1) is 8.73. The van der Waals surface area contributed by atoms with Crippen molar-refractivity contribution in [1.82, 2.24) is 4.31 Å². The van der Waals surface area contributed by atoms with E-state index in [1.165, 1.54) is 38.4 Å². The summed E-state index contributed by atoms with van der Waals surface area (Å²) in [5.74, 6) is -0.309. The van der Waals surface area contributed by atoms with Crippen LogP contribution in [0.3, 0.4) is 0 Å². The van der Waals surface area contributed by atoms with Gasteiger partial charge in [0.15, 0.2) is 5.96 Å². The summed E-state index contributed by atoms with van der Waals surface area (Å²) in [7, 11) is -0.542. The third kappa shape index (κ3) is 3.93. The monoisotopic (exact) mass is 284 g/mol. The van der Waals surface area contributed by atoms with Crippen molar-refractivity contribution in [3.05, 3.63) is 24.3 Å². The largest absolute Gasteiger partial charge is 0.370 e. The summed E-state index contributed by atoms with van der Waals surface area (Å²) in [6.07, 6.45) is 0. The molecule has 0 aliphatic heterocycles. The summed E-state index contributed by atoms with van der Waals surface area (Å²) < 4.78 is 24.8. The Morgan fingerprint density at radius 3 is 2.05 bits per heavy atom. The molecular formula is C10H16N6O2S. The lowest BCUT2D eigenvalue weighted by Gasteiger charge is -2.10. The lowest BCUT2D eigenvalue weighted by atomic mass is 10.3.